The molecule has 0 unspecified atom stereocenters. The predicted octanol–water partition coefficient (Wildman–Crippen LogP) is 0.818. The summed E-state index contributed by atoms with van der Waals surface area (Å²) in [6.45, 7) is 3.96. The second-order valence-electron chi connectivity index (χ2n) is 3.00. The van der Waals surface area contributed by atoms with Crippen molar-refractivity contribution in [1.29, 1.82) is 0 Å². The van der Waals surface area contributed by atoms with Gasteiger partial charge in [0.05, 0.1) is 0 Å². The van der Waals surface area contributed by atoms with Crippen LogP contribution in [0.1, 0.15) is 18.9 Å². The molecule has 56 valence electrons. The van der Waals surface area contributed by atoms with Gasteiger partial charge in [0.1, 0.15) is 10.5 Å². The van der Waals surface area contributed by atoms with E-state index in [2.05, 4.69) is 10.2 Å². The lowest BCUT2D eigenvalue weighted by atomic mass is 10.0. The highest BCUT2D eigenvalue weighted by Gasteiger charge is 2.13. The summed E-state index contributed by atoms with van der Waals surface area (Å²) >= 11 is 1.55. The lowest BCUT2D eigenvalue weighted by Gasteiger charge is -2.15. The van der Waals surface area contributed by atoms with Crippen LogP contribution in [0.5, 0.6) is 0 Å². The number of nitrogens with zero attached hydrogens (tertiary/aromatic N) is 2. The van der Waals surface area contributed by atoms with Gasteiger partial charge in [-0.15, -0.1) is 21.5 Å². The smallest absolute Gasteiger partial charge is 0.119 e. The molecule has 2 N–H and O–H groups in total. The molecule has 3 nitrogen and oxygen atoms in total. The topological polar surface area (TPSA) is 51.8 Å². The van der Waals surface area contributed by atoms with Crippen LogP contribution in [0.25, 0.3) is 0 Å². The summed E-state index contributed by atoms with van der Waals surface area (Å²) in [7, 11) is 0. The van der Waals surface area contributed by atoms with Crippen LogP contribution in [0.4, 0.5) is 0 Å². The van der Waals surface area contributed by atoms with E-state index in [9.17, 15) is 0 Å². The summed E-state index contributed by atoms with van der Waals surface area (Å²) in [5.41, 5.74) is 7.32. The number of hydrogen-bond acceptors (Lipinski definition) is 4. The van der Waals surface area contributed by atoms with Gasteiger partial charge in [-0.1, -0.05) is 0 Å². The van der Waals surface area contributed by atoms with Crippen LogP contribution in [-0.4, -0.2) is 15.7 Å². The minimum atomic E-state index is -0.167. The van der Waals surface area contributed by atoms with E-state index in [1.165, 1.54) is 0 Å². The molecule has 0 saturated heterocycles. The van der Waals surface area contributed by atoms with E-state index in [0.717, 1.165) is 11.4 Å². The molecule has 10 heavy (non-hydrogen) atoms. The fourth-order valence-corrected chi connectivity index (χ4v) is 1.43. The first-order valence-corrected chi connectivity index (χ1v) is 4.00. The molecule has 0 amide bonds. The van der Waals surface area contributed by atoms with Gasteiger partial charge in [-0.2, -0.15) is 0 Å². The van der Waals surface area contributed by atoms with E-state index in [-0.39, 0.29) is 5.54 Å². The van der Waals surface area contributed by atoms with Crippen LogP contribution in [0.2, 0.25) is 0 Å². The summed E-state index contributed by atoms with van der Waals surface area (Å²) in [4.78, 5) is 0. The standard InChI is InChI=1S/C6H11N3S/c1-6(2,7)3-5-9-8-4-10-5/h4H,3,7H2,1-2H3. The average Bonchev–Trinajstić information content (AvgIpc) is 2.12. The molecule has 1 rings (SSSR count). The van der Waals surface area contributed by atoms with E-state index in [1.54, 1.807) is 16.8 Å². The Bertz CT molecular complexity index is 187. The second kappa shape index (κ2) is 2.64. The van der Waals surface area contributed by atoms with Crippen LogP contribution >= 0.6 is 11.3 Å². The van der Waals surface area contributed by atoms with Gasteiger partial charge in [-0.3, -0.25) is 0 Å². The van der Waals surface area contributed by atoms with Crippen LogP contribution < -0.4 is 5.73 Å². The van der Waals surface area contributed by atoms with Gasteiger partial charge in [-0.05, 0) is 13.8 Å². The molecule has 0 aliphatic heterocycles. The van der Waals surface area contributed by atoms with Crippen LogP contribution in [0.3, 0.4) is 0 Å². The third-order valence-corrected chi connectivity index (χ3v) is 1.71. The summed E-state index contributed by atoms with van der Waals surface area (Å²) < 4.78 is 0. The number of aromatic nitrogens is 2. The van der Waals surface area contributed by atoms with E-state index in [1.807, 2.05) is 13.8 Å². The molecule has 0 aromatic carbocycles. The monoisotopic (exact) mass is 157 g/mol. The Morgan fingerprint density at radius 3 is 2.80 bits per heavy atom. The van der Waals surface area contributed by atoms with Gasteiger partial charge in [0, 0.05) is 12.0 Å². The first kappa shape index (κ1) is 7.63. The molecule has 0 bridgehead atoms. The average molecular weight is 157 g/mol. The maximum Gasteiger partial charge on any atom is 0.119 e. The molecule has 4 heteroatoms. The normalized spacial score (nSPS) is 11.9. The molecule has 0 saturated carbocycles. The summed E-state index contributed by atoms with van der Waals surface area (Å²) in [5.74, 6) is 0. The van der Waals surface area contributed by atoms with Crippen LogP contribution in [0, 0.1) is 0 Å². The van der Waals surface area contributed by atoms with Crippen molar-refractivity contribution in [3.8, 4) is 0 Å². The number of hydrogen-bond donors (Lipinski definition) is 1. The van der Waals surface area contributed by atoms with Crippen molar-refractivity contribution >= 4 is 11.3 Å². The molecular weight excluding hydrogens is 146 g/mol. The van der Waals surface area contributed by atoms with Gasteiger partial charge in [0.15, 0.2) is 0 Å². The van der Waals surface area contributed by atoms with Crippen molar-refractivity contribution < 1.29 is 0 Å². The molecular formula is C6H11N3S. The molecule has 0 radical (unpaired) electrons. The molecule has 1 heterocycles. The maximum absolute atomic E-state index is 5.77. The molecule has 0 spiro atoms. The van der Waals surface area contributed by atoms with Gasteiger partial charge >= 0.3 is 0 Å². The number of nitrogens with two attached hydrogens (primary N) is 1. The zero-order valence-corrected chi connectivity index (χ0v) is 6.98. The molecule has 0 atom stereocenters. The zero-order valence-electron chi connectivity index (χ0n) is 6.16. The van der Waals surface area contributed by atoms with Crippen molar-refractivity contribution in [2.24, 2.45) is 5.73 Å². The van der Waals surface area contributed by atoms with Crippen LogP contribution in [-0.2, 0) is 6.42 Å². The third kappa shape index (κ3) is 2.41. The predicted molar refractivity (Wildman–Crippen MR) is 41.9 cm³/mol. The van der Waals surface area contributed by atoms with E-state index < -0.39 is 0 Å². The zero-order chi connectivity index (χ0) is 7.61. The first-order valence-electron chi connectivity index (χ1n) is 3.12. The largest absolute Gasteiger partial charge is 0.325 e. The van der Waals surface area contributed by atoms with Crippen molar-refractivity contribution in [2.45, 2.75) is 25.8 Å². The highest BCUT2D eigenvalue weighted by Crippen LogP contribution is 2.10. The minimum absolute atomic E-state index is 0.167. The van der Waals surface area contributed by atoms with Crippen molar-refractivity contribution in [3.63, 3.8) is 0 Å². The SMILES string of the molecule is CC(C)(N)Cc1nncs1. The second-order valence-corrected chi connectivity index (χ2v) is 3.92. The van der Waals surface area contributed by atoms with Crippen molar-refractivity contribution in [2.75, 3.05) is 0 Å². The molecule has 1 aromatic rings. The Balaban J connectivity index is 2.57. The number of rotatable bonds is 2. The fraction of sp³-hybridized carbons (Fsp3) is 0.667. The Labute approximate surface area is 64.3 Å². The van der Waals surface area contributed by atoms with Gasteiger partial charge in [0.2, 0.25) is 0 Å². The third-order valence-electron chi connectivity index (χ3n) is 1.01. The van der Waals surface area contributed by atoms with Crippen LogP contribution in [0.15, 0.2) is 5.51 Å². The van der Waals surface area contributed by atoms with E-state index >= 15 is 0 Å². The fourth-order valence-electron chi connectivity index (χ4n) is 0.663. The van der Waals surface area contributed by atoms with Crippen molar-refractivity contribution in [1.82, 2.24) is 10.2 Å². The quantitative estimate of drug-likeness (QED) is 0.691. The molecule has 0 aliphatic rings. The summed E-state index contributed by atoms with van der Waals surface area (Å²) in [5, 5.41) is 8.62. The lowest BCUT2D eigenvalue weighted by Crippen LogP contribution is -2.34. The first-order chi connectivity index (χ1) is 4.58. The molecule has 0 aliphatic carbocycles. The van der Waals surface area contributed by atoms with Gasteiger partial charge < -0.3 is 5.73 Å². The Hall–Kier alpha value is -0.480. The minimum Gasteiger partial charge on any atom is -0.325 e. The summed E-state index contributed by atoms with van der Waals surface area (Å²) in [6, 6.07) is 0. The van der Waals surface area contributed by atoms with E-state index in [0.29, 0.717) is 0 Å². The summed E-state index contributed by atoms with van der Waals surface area (Å²) in [6.07, 6.45) is 0.803. The highest BCUT2D eigenvalue weighted by atomic mass is 32.1. The Morgan fingerprint density at radius 2 is 2.40 bits per heavy atom. The van der Waals surface area contributed by atoms with E-state index in [4.69, 9.17) is 5.73 Å². The molecule has 1 aromatic heterocycles. The Kier molecular flexibility index (Phi) is 2.01. The highest BCUT2D eigenvalue weighted by molar-refractivity contribution is 7.09. The Morgan fingerprint density at radius 1 is 1.70 bits per heavy atom. The van der Waals surface area contributed by atoms with Crippen molar-refractivity contribution in [3.05, 3.63) is 10.5 Å². The molecule has 0 fully saturated rings. The maximum atomic E-state index is 5.77. The van der Waals surface area contributed by atoms with Gasteiger partial charge in [0.25, 0.3) is 0 Å². The van der Waals surface area contributed by atoms with Gasteiger partial charge in [-0.25, -0.2) is 0 Å². The lowest BCUT2D eigenvalue weighted by molar-refractivity contribution is 0.513.